The molecule has 0 aliphatic rings. The molecule has 0 saturated carbocycles. The van der Waals surface area contributed by atoms with E-state index in [0.717, 1.165) is 0 Å². The molecular weight excluding hydrogens is 377 g/mol. The van der Waals surface area contributed by atoms with Crippen LogP contribution in [0.4, 0.5) is 0 Å². The Hall–Kier alpha value is -2.68. The lowest BCUT2D eigenvalue weighted by Gasteiger charge is -2.13. The molecule has 0 fully saturated rings. The number of ether oxygens (including phenoxy) is 2. The first-order chi connectivity index (χ1) is 12.4. The zero-order valence-corrected chi connectivity index (χ0v) is 15.3. The molecule has 0 radical (unpaired) electrons. The second-order valence-corrected chi connectivity index (χ2v) is 5.97. The van der Waals surface area contributed by atoms with Gasteiger partial charge in [0.2, 0.25) is 0 Å². The van der Waals surface area contributed by atoms with E-state index >= 15 is 0 Å². The molecule has 2 aromatic rings. The molecule has 0 aliphatic heterocycles. The standard InChI is InChI=1S/C19H15Cl2NO4/c1-2-25-17-9-12(8-16(21)19(17)26-11-18(23)24)7-14(10-22)13-3-5-15(20)6-4-13/h3-9H,2,11H2,1H3,(H,23,24)/b14-7-. The van der Waals surface area contributed by atoms with Crippen LogP contribution in [0, 0.1) is 11.3 Å². The zero-order valence-electron chi connectivity index (χ0n) is 13.8. The van der Waals surface area contributed by atoms with Gasteiger partial charge >= 0.3 is 5.97 Å². The molecule has 0 aliphatic carbocycles. The Labute approximate surface area is 161 Å². The predicted octanol–water partition coefficient (Wildman–Crippen LogP) is 4.92. The number of allylic oxidation sites excluding steroid dienone is 1. The molecule has 0 unspecified atom stereocenters. The fourth-order valence-electron chi connectivity index (χ4n) is 2.18. The summed E-state index contributed by atoms with van der Waals surface area (Å²) in [4.78, 5) is 10.7. The highest BCUT2D eigenvalue weighted by Gasteiger charge is 2.14. The van der Waals surface area contributed by atoms with Gasteiger partial charge in [-0.05, 0) is 48.4 Å². The number of hydrogen-bond donors (Lipinski definition) is 1. The molecule has 26 heavy (non-hydrogen) atoms. The third kappa shape index (κ3) is 5.16. The molecule has 1 N–H and O–H groups in total. The van der Waals surface area contributed by atoms with Crippen molar-refractivity contribution in [2.45, 2.75) is 6.92 Å². The van der Waals surface area contributed by atoms with E-state index in [1.54, 1.807) is 49.4 Å². The summed E-state index contributed by atoms with van der Waals surface area (Å²) in [5.74, 6) is -0.666. The van der Waals surface area contributed by atoms with Crippen molar-refractivity contribution < 1.29 is 19.4 Å². The van der Waals surface area contributed by atoms with E-state index in [9.17, 15) is 10.1 Å². The molecule has 2 aromatic carbocycles. The molecule has 0 saturated heterocycles. The van der Waals surface area contributed by atoms with Crippen LogP contribution < -0.4 is 9.47 Å². The van der Waals surface area contributed by atoms with Crippen molar-refractivity contribution in [1.82, 2.24) is 0 Å². The molecule has 0 aromatic heterocycles. The molecule has 0 spiro atoms. The van der Waals surface area contributed by atoms with Crippen LogP contribution in [0.15, 0.2) is 36.4 Å². The first-order valence-electron chi connectivity index (χ1n) is 7.63. The molecule has 0 heterocycles. The van der Waals surface area contributed by atoms with Crippen molar-refractivity contribution in [3.8, 4) is 17.6 Å². The Bertz CT molecular complexity index is 870. The average Bonchev–Trinajstić information content (AvgIpc) is 2.60. The summed E-state index contributed by atoms with van der Waals surface area (Å²) in [6.07, 6.45) is 1.65. The van der Waals surface area contributed by atoms with E-state index in [-0.39, 0.29) is 10.8 Å². The van der Waals surface area contributed by atoms with Crippen LogP contribution in [-0.4, -0.2) is 24.3 Å². The summed E-state index contributed by atoms with van der Waals surface area (Å²) in [7, 11) is 0. The quantitative estimate of drug-likeness (QED) is 0.535. The lowest BCUT2D eigenvalue weighted by molar-refractivity contribution is -0.139. The van der Waals surface area contributed by atoms with Gasteiger partial charge in [-0.15, -0.1) is 0 Å². The number of rotatable bonds is 7. The van der Waals surface area contributed by atoms with E-state index < -0.39 is 12.6 Å². The van der Waals surface area contributed by atoms with Crippen LogP contribution in [0.2, 0.25) is 10.0 Å². The third-order valence-corrected chi connectivity index (χ3v) is 3.79. The van der Waals surface area contributed by atoms with Gasteiger partial charge in [-0.1, -0.05) is 35.3 Å². The van der Waals surface area contributed by atoms with Gasteiger partial charge in [0, 0.05) is 5.02 Å². The molecule has 0 amide bonds. The summed E-state index contributed by atoms with van der Waals surface area (Å²) in [6.45, 7) is 1.59. The highest BCUT2D eigenvalue weighted by atomic mass is 35.5. The number of nitriles is 1. The number of hydrogen-bond acceptors (Lipinski definition) is 4. The number of halogens is 2. The number of carboxylic acids is 1. The zero-order chi connectivity index (χ0) is 19.1. The topological polar surface area (TPSA) is 79.5 Å². The summed E-state index contributed by atoms with van der Waals surface area (Å²) < 4.78 is 10.7. The van der Waals surface area contributed by atoms with Gasteiger partial charge in [-0.2, -0.15) is 5.26 Å². The van der Waals surface area contributed by atoms with Crippen molar-refractivity contribution in [3.05, 3.63) is 57.6 Å². The van der Waals surface area contributed by atoms with Gasteiger partial charge in [0.1, 0.15) is 0 Å². The van der Waals surface area contributed by atoms with Gasteiger partial charge in [-0.25, -0.2) is 4.79 Å². The monoisotopic (exact) mass is 391 g/mol. The average molecular weight is 392 g/mol. The molecule has 0 bridgehead atoms. The normalized spacial score (nSPS) is 10.9. The smallest absolute Gasteiger partial charge is 0.341 e. The van der Waals surface area contributed by atoms with Crippen LogP contribution in [0.3, 0.4) is 0 Å². The van der Waals surface area contributed by atoms with Gasteiger partial charge in [0.05, 0.1) is 23.3 Å². The number of aliphatic carboxylic acids is 1. The highest BCUT2D eigenvalue weighted by Crippen LogP contribution is 2.37. The SMILES string of the molecule is CCOc1cc(/C=C(/C#N)c2ccc(Cl)cc2)cc(Cl)c1OCC(=O)O. The Morgan fingerprint density at radius 2 is 1.92 bits per heavy atom. The van der Waals surface area contributed by atoms with Crippen LogP contribution in [0.1, 0.15) is 18.1 Å². The maximum Gasteiger partial charge on any atom is 0.341 e. The molecule has 5 nitrogen and oxygen atoms in total. The molecular formula is C19H15Cl2NO4. The van der Waals surface area contributed by atoms with Crippen LogP contribution in [-0.2, 0) is 4.79 Å². The van der Waals surface area contributed by atoms with Crippen molar-refractivity contribution in [2.24, 2.45) is 0 Å². The minimum Gasteiger partial charge on any atom is -0.490 e. The van der Waals surface area contributed by atoms with Gasteiger partial charge < -0.3 is 14.6 Å². The second kappa shape index (κ2) is 9.14. The fourth-order valence-corrected chi connectivity index (χ4v) is 2.58. The predicted molar refractivity (Wildman–Crippen MR) is 101 cm³/mol. The Morgan fingerprint density at radius 1 is 1.23 bits per heavy atom. The summed E-state index contributed by atoms with van der Waals surface area (Å²) in [5.41, 5.74) is 1.74. The van der Waals surface area contributed by atoms with Crippen molar-refractivity contribution in [2.75, 3.05) is 13.2 Å². The van der Waals surface area contributed by atoms with Crippen molar-refractivity contribution in [1.29, 1.82) is 5.26 Å². The minimum atomic E-state index is -1.12. The number of carbonyl (C=O) groups is 1. The first kappa shape index (κ1) is 19.6. The van der Waals surface area contributed by atoms with E-state index in [4.69, 9.17) is 37.8 Å². The van der Waals surface area contributed by atoms with E-state index in [2.05, 4.69) is 6.07 Å². The lowest BCUT2D eigenvalue weighted by atomic mass is 10.0. The molecule has 0 atom stereocenters. The second-order valence-electron chi connectivity index (χ2n) is 5.12. The van der Waals surface area contributed by atoms with E-state index in [0.29, 0.717) is 34.1 Å². The van der Waals surface area contributed by atoms with Gasteiger partial charge in [-0.3, -0.25) is 0 Å². The molecule has 134 valence electrons. The van der Waals surface area contributed by atoms with Gasteiger partial charge in [0.25, 0.3) is 0 Å². The summed E-state index contributed by atoms with van der Waals surface area (Å²) >= 11 is 12.1. The summed E-state index contributed by atoms with van der Waals surface area (Å²) in [5, 5.41) is 19.0. The molecule has 7 heteroatoms. The molecule has 2 rings (SSSR count). The largest absolute Gasteiger partial charge is 0.490 e. The Morgan fingerprint density at radius 3 is 2.50 bits per heavy atom. The highest BCUT2D eigenvalue weighted by molar-refractivity contribution is 6.32. The Kier molecular flexibility index (Phi) is 6.90. The van der Waals surface area contributed by atoms with Gasteiger partial charge in [0.15, 0.2) is 18.1 Å². The summed E-state index contributed by atoms with van der Waals surface area (Å²) in [6, 6.07) is 12.2. The minimum absolute atomic E-state index is 0.151. The lowest BCUT2D eigenvalue weighted by Crippen LogP contribution is -2.10. The van der Waals surface area contributed by atoms with Crippen LogP contribution >= 0.6 is 23.2 Å². The number of nitrogens with zero attached hydrogens (tertiary/aromatic N) is 1. The van der Waals surface area contributed by atoms with Crippen molar-refractivity contribution in [3.63, 3.8) is 0 Å². The first-order valence-corrected chi connectivity index (χ1v) is 8.38. The number of benzene rings is 2. The fraction of sp³-hybridized carbons (Fsp3) is 0.158. The number of carboxylic acid groups (broad SMARTS) is 1. The van der Waals surface area contributed by atoms with Crippen LogP contribution in [0.5, 0.6) is 11.5 Å². The van der Waals surface area contributed by atoms with Crippen molar-refractivity contribution >= 4 is 40.8 Å². The Balaban J connectivity index is 2.43. The van der Waals surface area contributed by atoms with E-state index in [1.807, 2.05) is 0 Å². The maximum atomic E-state index is 10.7. The maximum absolute atomic E-state index is 10.7. The third-order valence-electron chi connectivity index (χ3n) is 3.26. The van der Waals surface area contributed by atoms with E-state index in [1.165, 1.54) is 0 Å². The van der Waals surface area contributed by atoms with Crippen LogP contribution in [0.25, 0.3) is 11.6 Å².